The van der Waals surface area contributed by atoms with Gasteiger partial charge in [0.1, 0.15) is 6.29 Å². The lowest BCUT2D eigenvalue weighted by atomic mass is 9.45. The molecule has 6 atom stereocenters. The van der Waals surface area contributed by atoms with Crippen LogP contribution in [0.4, 0.5) is 0 Å². The Labute approximate surface area is 145 Å². The van der Waals surface area contributed by atoms with Crippen molar-refractivity contribution in [3.63, 3.8) is 0 Å². The van der Waals surface area contributed by atoms with Crippen molar-refractivity contribution in [3.05, 3.63) is 11.6 Å². The van der Waals surface area contributed by atoms with E-state index in [9.17, 15) is 9.59 Å². The Morgan fingerprint density at radius 2 is 2.04 bits per heavy atom. The van der Waals surface area contributed by atoms with Crippen molar-refractivity contribution in [2.24, 2.45) is 34.5 Å². The van der Waals surface area contributed by atoms with E-state index >= 15 is 0 Å². The van der Waals surface area contributed by atoms with Crippen LogP contribution in [0.5, 0.6) is 0 Å². The van der Waals surface area contributed by atoms with Gasteiger partial charge in [-0.25, -0.2) is 0 Å². The lowest BCUT2D eigenvalue weighted by Crippen LogP contribution is -2.55. The Hall–Kier alpha value is -1.12. The van der Waals surface area contributed by atoms with Gasteiger partial charge < -0.3 is 9.53 Å². The number of methoxy groups -OCH3 is 1. The first-order valence-electron chi connectivity index (χ1n) is 9.79. The number of hydrogen-bond donors (Lipinski definition) is 0. The molecule has 3 nitrogen and oxygen atoms in total. The van der Waals surface area contributed by atoms with Gasteiger partial charge in [0.15, 0.2) is 0 Å². The third-order valence-electron chi connectivity index (χ3n) is 8.23. The number of rotatable bonds is 2. The van der Waals surface area contributed by atoms with Crippen LogP contribution in [0, 0.1) is 34.5 Å². The normalized spacial score (nSPS) is 47.0. The molecule has 3 fully saturated rings. The second-order valence-corrected chi connectivity index (χ2v) is 8.95. The molecule has 0 amide bonds. The second kappa shape index (κ2) is 5.71. The summed E-state index contributed by atoms with van der Waals surface area (Å²) in [6.45, 7) is 2.44. The average molecular weight is 330 g/mol. The molecular weight excluding hydrogens is 300 g/mol. The van der Waals surface area contributed by atoms with E-state index in [1.807, 2.05) is 0 Å². The van der Waals surface area contributed by atoms with Crippen LogP contribution in [0.3, 0.4) is 0 Å². The number of allylic oxidation sites excluding steroid dienone is 2. The number of carbonyl (C=O) groups excluding carboxylic acids is 2. The van der Waals surface area contributed by atoms with Crippen molar-refractivity contribution in [2.75, 3.05) is 7.11 Å². The van der Waals surface area contributed by atoms with Crippen LogP contribution in [0.15, 0.2) is 11.6 Å². The second-order valence-electron chi connectivity index (χ2n) is 8.95. The molecule has 0 heterocycles. The summed E-state index contributed by atoms with van der Waals surface area (Å²) in [4.78, 5) is 24.7. The van der Waals surface area contributed by atoms with E-state index in [0.717, 1.165) is 44.9 Å². The summed E-state index contributed by atoms with van der Waals surface area (Å²) >= 11 is 0. The van der Waals surface area contributed by atoms with Crippen molar-refractivity contribution in [3.8, 4) is 0 Å². The fourth-order valence-electron chi connectivity index (χ4n) is 7.06. The fourth-order valence-corrected chi connectivity index (χ4v) is 7.06. The molecule has 24 heavy (non-hydrogen) atoms. The van der Waals surface area contributed by atoms with E-state index in [1.165, 1.54) is 31.8 Å². The van der Waals surface area contributed by atoms with Gasteiger partial charge in [0.2, 0.25) is 0 Å². The third-order valence-corrected chi connectivity index (χ3v) is 8.23. The predicted octanol–water partition coefficient (Wildman–Crippen LogP) is 4.31. The highest BCUT2D eigenvalue weighted by Crippen LogP contribution is 2.66. The first kappa shape index (κ1) is 16.4. The van der Waals surface area contributed by atoms with Gasteiger partial charge in [0.25, 0.3) is 0 Å². The monoisotopic (exact) mass is 330 g/mol. The zero-order valence-electron chi connectivity index (χ0n) is 15.1. The van der Waals surface area contributed by atoms with E-state index in [2.05, 4.69) is 13.0 Å². The largest absolute Gasteiger partial charge is 0.469 e. The smallest absolute Gasteiger partial charge is 0.309 e. The molecule has 0 spiro atoms. The first-order valence-corrected chi connectivity index (χ1v) is 9.79. The molecule has 0 aliphatic heterocycles. The molecule has 3 saturated carbocycles. The van der Waals surface area contributed by atoms with Crippen LogP contribution in [-0.4, -0.2) is 19.4 Å². The van der Waals surface area contributed by atoms with Crippen LogP contribution in [0.2, 0.25) is 0 Å². The first-order chi connectivity index (χ1) is 11.6. The maximum atomic E-state index is 12.6. The van der Waals surface area contributed by atoms with Gasteiger partial charge >= 0.3 is 5.97 Å². The summed E-state index contributed by atoms with van der Waals surface area (Å²) in [6, 6.07) is 0. The maximum absolute atomic E-state index is 12.6. The minimum absolute atomic E-state index is 0.0415. The minimum Gasteiger partial charge on any atom is -0.469 e. The molecule has 3 heteroatoms. The Balaban J connectivity index is 1.78. The Kier molecular flexibility index (Phi) is 3.89. The van der Waals surface area contributed by atoms with E-state index in [-0.39, 0.29) is 22.7 Å². The minimum atomic E-state index is -0.153. The summed E-state index contributed by atoms with van der Waals surface area (Å²) in [5.74, 6) is 1.17. The molecule has 0 aromatic rings. The predicted molar refractivity (Wildman–Crippen MR) is 92.2 cm³/mol. The quantitative estimate of drug-likeness (QED) is 0.430. The van der Waals surface area contributed by atoms with E-state index in [0.29, 0.717) is 17.8 Å². The van der Waals surface area contributed by atoms with Gasteiger partial charge in [-0.2, -0.15) is 0 Å². The molecule has 4 aliphatic rings. The molecule has 0 N–H and O–H groups in total. The van der Waals surface area contributed by atoms with Gasteiger partial charge in [-0.1, -0.05) is 25.0 Å². The van der Waals surface area contributed by atoms with Crippen LogP contribution in [0.1, 0.15) is 64.7 Å². The topological polar surface area (TPSA) is 43.4 Å². The van der Waals surface area contributed by atoms with Crippen molar-refractivity contribution < 1.29 is 14.3 Å². The lowest BCUT2D eigenvalue weighted by Gasteiger charge is -2.58. The number of carbonyl (C=O) groups is 2. The molecule has 0 saturated heterocycles. The van der Waals surface area contributed by atoms with Crippen molar-refractivity contribution in [1.29, 1.82) is 0 Å². The SMILES string of the molecule is COC(=O)[C@@H]1CC2=CCCC[C@]2(C)[C@H]2CC[C@]3(C=O)CCC[C@H]3[C@H]12. The van der Waals surface area contributed by atoms with Crippen molar-refractivity contribution in [1.82, 2.24) is 0 Å². The maximum Gasteiger partial charge on any atom is 0.309 e. The molecule has 0 aromatic carbocycles. The molecule has 4 aliphatic carbocycles. The van der Waals surface area contributed by atoms with Gasteiger partial charge in [-0.3, -0.25) is 4.79 Å². The van der Waals surface area contributed by atoms with Crippen molar-refractivity contribution in [2.45, 2.75) is 64.7 Å². The van der Waals surface area contributed by atoms with Gasteiger partial charge in [-0.05, 0) is 74.5 Å². The number of ether oxygens (including phenoxy) is 1. The highest BCUT2D eigenvalue weighted by Gasteiger charge is 2.61. The van der Waals surface area contributed by atoms with Crippen LogP contribution >= 0.6 is 0 Å². The summed E-state index contributed by atoms with van der Waals surface area (Å²) in [7, 11) is 1.52. The van der Waals surface area contributed by atoms with Crippen LogP contribution < -0.4 is 0 Å². The molecular formula is C21H30O3. The highest BCUT2D eigenvalue weighted by molar-refractivity contribution is 5.74. The standard InChI is InChI=1S/C21H30O3/c1-20-9-4-3-6-14(20)12-15(19(23)24-2)18-16(20)8-11-21(13-22)10-5-7-17(18)21/h6,13,15-18H,3-5,7-12H2,1-2H3/t15-,16+,17+,18-,20+,21+/m1/s1. The molecule has 4 rings (SSSR count). The third kappa shape index (κ3) is 2.09. The van der Waals surface area contributed by atoms with Gasteiger partial charge in [0.05, 0.1) is 13.0 Å². The zero-order chi connectivity index (χ0) is 16.9. The van der Waals surface area contributed by atoms with E-state index in [1.54, 1.807) is 0 Å². The number of esters is 1. The van der Waals surface area contributed by atoms with E-state index in [4.69, 9.17) is 4.74 Å². The number of aldehydes is 1. The molecule has 0 radical (unpaired) electrons. The Morgan fingerprint density at radius 1 is 1.21 bits per heavy atom. The zero-order valence-corrected chi connectivity index (χ0v) is 15.1. The molecule has 132 valence electrons. The molecule has 0 unspecified atom stereocenters. The average Bonchev–Trinajstić information content (AvgIpc) is 3.04. The Morgan fingerprint density at radius 3 is 2.79 bits per heavy atom. The summed E-state index contributed by atoms with van der Waals surface area (Å²) < 4.78 is 5.21. The van der Waals surface area contributed by atoms with Crippen molar-refractivity contribution >= 4 is 12.3 Å². The van der Waals surface area contributed by atoms with Gasteiger partial charge in [-0.15, -0.1) is 0 Å². The summed E-state index contributed by atoms with van der Waals surface area (Å²) in [6.07, 6.45) is 13.6. The number of fused-ring (bicyclic) bond motifs is 5. The summed E-state index contributed by atoms with van der Waals surface area (Å²) in [5.41, 5.74) is 1.59. The molecule has 0 aromatic heterocycles. The number of hydrogen-bond acceptors (Lipinski definition) is 3. The fraction of sp³-hybridized carbons (Fsp3) is 0.810. The lowest BCUT2D eigenvalue weighted by molar-refractivity contribution is -0.159. The Bertz CT molecular complexity index is 580. The highest BCUT2D eigenvalue weighted by atomic mass is 16.5. The van der Waals surface area contributed by atoms with E-state index < -0.39 is 0 Å². The summed E-state index contributed by atoms with van der Waals surface area (Å²) in [5, 5.41) is 0. The van der Waals surface area contributed by atoms with Crippen LogP contribution in [-0.2, 0) is 14.3 Å². The molecule has 0 bridgehead atoms. The van der Waals surface area contributed by atoms with Crippen LogP contribution in [0.25, 0.3) is 0 Å². The van der Waals surface area contributed by atoms with Gasteiger partial charge in [0, 0.05) is 5.41 Å².